The van der Waals surface area contributed by atoms with Crippen LogP contribution in [0.3, 0.4) is 0 Å². The lowest BCUT2D eigenvalue weighted by atomic mass is 10.4. The molecule has 114 valence electrons. The molecule has 0 aromatic heterocycles. The van der Waals surface area contributed by atoms with Crippen LogP contribution < -0.4 is 5.32 Å². The van der Waals surface area contributed by atoms with Gasteiger partial charge in [0.2, 0.25) is 0 Å². The van der Waals surface area contributed by atoms with E-state index in [9.17, 15) is 14.2 Å². The van der Waals surface area contributed by atoms with Crippen molar-refractivity contribution in [2.45, 2.75) is 10.1 Å². The van der Waals surface area contributed by atoms with Gasteiger partial charge in [-0.3, -0.25) is 14.4 Å². The largest absolute Gasteiger partial charge is 0.384 e. The van der Waals surface area contributed by atoms with E-state index in [0.717, 1.165) is 4.90 Å². The third kappa shape index (κ3) is 4.39. The molecule has 20 heavy (non-hydrogen) atoms. The number of rotatable bonds is 7. The second-order valence-electron chi connectivity index (χ2n) is 3.81. The highest BCUT2D eigenvalue weighted by Gasteiger charge is 2.59. The van der Waals surface area contributed by atoms with Crippen LogP contribution in [0.1, 0.15) is 0 Å². The van der Waals surface area contributed by atoms with Crippen molar-refractivity contribution in [1.29, 1.82) is 0 Å². The molecule has 0 saturated carbocycles. The van der Waals surface area contributed by atoms with E-state index in [1.54, 1.807) is 12.1 Å². The van der Waals surface area contributed by atoms with Crippen LogP contribution in [-0.2, 0) is 9.13 Å². The van der Waals surface area contributed by atoms with E-state index in [0.29, 0.717) is 0 Å². The molecule has 0 amide bonds. The summed E-state index contributed by atoms with van der Waals surface area (Å²) in [5.74, 6) is 0.256. The van der Waals surface area contributed by atoms with Crippen LogP contribution in [-0.4, -0.2) is 42.2 Å². The zero-order chi connectivity index (χ0) is 15.4. The first-order chi connectivity index (χ1) is 9.08. The van der Waals surface area contributed by atoms with E-state index in [1.807, 2.05) is 23.5 Å². The zero-order valence-corrected chi connectivity index (χ0v) is 12.8. The summed E-state index contributed by atoms with van der Waals surface area (Å²) in [6.45, 7) is -0.202. The van der Waals surface area contributed by atoms with Crippen LogP contribution in [0.15, 0.2) is 35.2 Å². The van der Waals surface area contributed by atoms with Crippen molar-refractivity contribution in [2.75, 3.05) is 12.3 Å². The normalized spacial score (nSPS) is 13.4. The fourth-order valence-electron chi connectivity index (χ4n) is 1.28. The Labute approximate surface area is 119 Å². The minimum Gasteiger partial charge on any atom is -0.356 e. The van der Waals surface area contributed by atoms with E-state index in [4.69, 9.17) is 19.6 Å². The van der Waals surface area contributed by atoms with Gasteiger partial charge in [0.05, 0.1) is 0 Å². The number of hydrogen-bond acceptors (Lipinski definition) is 5. The molecule has 0 unspecified atom stereocenters. The molecule has 6 N–H and O–H groups in total. The van der Waals surface area contributed by atoms with Crippen molar-refractivity contribution < 1.29 is 33.8 Å². The number of hydrogen-bond donors (Lipinski definition) is 6. The molecule has 1 aromatic rings. The molecule has 0 atom stereocenters. The number of aliphatic hydroxyl groups is 1. The molecule has 0 aliphatic rings. The van der Waals surface area contributed by atoms with Gasteiger partial charge in [0, 0.05) is 17.2 Å². The molecule has 1 aromatic carbocycles. The molecule has 0 spiro atoms. The Kier molecular flexibility index (Phi) is 5.98. The topological polar surface area (TPSA) is 147 Å². The maximum absolute atomic E-state index is 11.0. The summed E-state index contributed by atoms with van der Waals surface area (Å²) in [6.07, 6.45) is 0. The molecule has 0 fully saturated rings. The minimum absolute atomic E-state index is 0.202. The molecule has 11 heteroatoms. The quantitative estimate of drug-likeness (QED) is 0.178. The highest BCUT2D eigenvalue weighted by Crippen LogP contribution is 2.65. The van der Waals surface area contributed by atoms with Crippen molar-refractivity contribution in [3.63, 3.8) is 0 Å². The average Bonchev–Trinajstić information content (AvgIpc) is 2.33. The first-order valence-corrected chi connectivity index (χ1v) is 9.55. The van der Waals surface area contributed by atoms with E-state index in [2.05, 4.69) is 0 Å². The molecular formula is C9H15NO7P2S. The molecule has 1 rings (SSSR count). The van der Waals surface area contributed by atoms with Crippen LogP contribution in [0, 0.1) is 0 Å². The molecule has 0 radical (unpaired) electrons. The van der Waals surface area contributed by atoms with Crippen LogP contribution in [0.25, 0.3) is 0 Å². The van der Waals surface area contributed by atoms with Gasteiger partial charge < -0.3 is 24.7 Å². The molecule has 0 bridgehead atoms. The van der Waals surface area contributed by atoms with Gasteiger partial charge >= 0.3 is 20.4 Å². The highest BCUT2D eigenvalue weighted by molar-refractivity contribution is 7.99. The van der Waals surface area contributed by atoms with E-state index >= 15 is 0 Å². The molecular weight excluding hydrogens is 328 g/mol. The van der Waals surface area contributed by atoms with Gasteiger partial charge in [0.1, 0.15) is 0 Å². The van der Waals surface area contributed by atoms with Gasteiger partial charge in [-0.2, -0.15) is 0 Å². The number of thioether (sulfide) groups is 1. The third-order valence-electron chi connectivity index (χ3n) is 2.29. The second-order valence-corrected chi connectivity index (χ2v) is 8.80. The van der Waals surface area contributed by atoms with Gasteiger partial charge in [-0.25, -0.2) is 0 Å². The Morgan fingerprint density at radius 3 is 2.00 bits per heavy atom. The predicted molar refractivity (Wildman–Crippen MR) is 74.2 cm³/mol. The van der Waals surface area contributed by atoms with Crippen molar-refractivity contribution in [1.82, 2.24) is 5.32 Å². The molecule has 0 aliphatic heterocycles. The van der Waals surface area contributed by atoms with E-state index < -0.39 is 20.4 Å². The summed E-state index contributed by atoms with van der Waals surface area (Å²) in [6, 6.07) is 9.04. The smallest absolute Gasteiger partial charge is 0.356 e. The van der Waals surface area contributed by atoms with Crippen LogP contribution >= 0.6 is 27.0 Å². The van der Waals surface area contributed by atoms with Crippen molar-refractivity contribution >= 4 is 27.0 Å². The minimum atomic E-state index is -5.45. The predicted octanol–water partition coefficient (Wildman–Crippen LogP) is 0.327. The lowest BCUT2D eigenvalue weighted by Gasteiger charge is -2.29. The SMILES string of the molecule is O=P(O)(O)C(O)(NCCSc1ccccc1)P(=O)(O)O. The molecule has 0 heterocycles. The Hall–Kier alpha value is -0.210. The summed E-state index contributed by atoms with van der Waals surface area (Å²) in [5, 5.41) is 7.83. The summed E-state index contributed by atoms with van der Waals surface area (Å²) in [7, 11) is -10.9. The highest BCUT2D eigenvalue weighted by atomic mass is 32.2. The standard InChI is InChI=1S/C9H15NO7P2S/c11-9(18(12,13)14,19(15,16)17)10-6-7-20-8-4-2-1-3-5-8/h1-5,10-11H,6-7H2,(H2,12,13,14)(H2,15,16,17). The maximum atomic E-state index is 11.0. The molecule has 0 aliphatic carbocycles. The van der Waals surface area contributed by atoms with Gasteiger partial charge in [0.15, 0.2) is 0 Å². The fourth-order valence-corrected chi connectivity index (χ4v) is 4.06. The van der Waals surface area contributed by atoms with E-state index in [-0.39, 0.29) is 12.3 Å². The average molecular weight is 343 g/mol. The van der Waals surface area contributed by atoms with Crippen LogP contribution in [0.5, 0.6) is 0 Å². The molecule has 0 saturated heterocycles. The van der Waals surface area contributed by atoms with Gasteiger partial charge in [-0.15, -0.1) is 11.8 Å². The Morgan fingerprint density at radius 2 is 1.55 bits per heavy atom. The summed E-state index contributed by atoms with van der Waals surface area (Å²) < 4.78 is 22.1. The van der Waals surface area contributed by atoms with E-state index in [1.165, 1.54) is 11.8 Å². The zero-order valence-electron chi connectivity index (χ0n) is 10.2. The summed E-state index contributed by atoms with van der Waals surface area (Å²) in [5.41, 5.74) is 0. The Balaban J connectivity index is 2.62. The first kappa shape index (κ1) is 17.8. The number of benzene rings is 1. The maximum Gasteiger partial charge on any atom is 0.384 e. The monoisotopic (exact) mass is 343 g/mol. The second kappa shape index (κ2) is 6.70. The van der Waals surface area contributed by atoms with Crippen molar-refractivity contribution in [2.24, 2.45) is 0 Å². The van der Waals surface area contributed by atoms with Crippen LogP contribution in [0.4, 0.5) is 0 Å². The lowest BCUT2D eigenvalue weighted by molar-refractivity contribution is 0.103. The Bertz CT molecular complexity index is 506. The third-order valence-corrected chi connectivity index (χ3v) is 6.81. The summed E-state index contributed by atoms with van der Waals surface area (Å²) in [4.78, 5) is 36.4. The summed E-state index contributed by atoms with van der Waals surface area (Å²) >= 11 is 1.30. The fraction of sp³-hybridized carbons (Fsp3) is 0.333. The van der Waals surface area contributed by atoms with Gasteiger partial charge in [0.25, 0.3) is 0 Å². The van der Waals surface area contributed by atoms with Gasteiger partial charge in [-0.05, 0) is 12.1 Å². The number of nitrogens with one attached hydrogen (secondary N) is 1. The van der Waals surface area contributed by atoms with Crippen molar-refractivity contribution in [3.05, 3.63) is 30.3 Å². The molecule has 8 nitrogen and oxygen atoms in total. The van der Waals surface area contributed by atoms with Crippen LogP contribution in [0.2, 0.25) is 0 Å². The van der Waals surface area contributed by atoms with Crippen molar-refractivity contribution in [3.8, 4) is 0 Å². The lowest BCUT2D eigenvalue weighted by Crippen LogP contribution is -2.45. The van der Waals surface area contributed by atoms with Gasteiger partial charge in [-0.1, -0.05) is 18.2 Å². The first-order valence-electron chi connectivity index (χ1n) is 5.34. The Morgan fingerprint density at radius 1 is 1.05 bits per heavy atom.